The van der Waals surface area contributed by atoms with Gasteiger partial charge in [-0.05, 0) is 33.4 Å². The zero-order valence-electron chi connectivity index (χ0n) is 6.84. The van der Waals surface area contributed by atoms with Crippen LogP contribution in [0.1, 0.15) is 15.1 Å². The minimum absolute atomic E-state index is 0.0798. The molecule has 0 radical (unpaired) electrons. The molecule has 0 fully saturated rings. The zero-order chi connectivity index (χ0) is 10.1. The molecule has 0 nitrogen and oxygen atoms in total. The highest BCUT2D eigenvalue weighted by Gasteiger charge is 2.15. The van der Waals surface area contributed by atoms with E-state index in [-0.39, 0.29) is 5.38 Å². The van der Waals surface area contributed by atoms with Crippen molar-refractivity contribution in [2.75, 3.05) is 0 Å². The third-order valence-corrected chi connectivity index (χ3v) is 5.91. The second-order valence-electron chi connectivity index (χ2n) is 2.65. The zero-order valence-corrected chi connectivity index (χ0v) is 11.6. The summed E-state index contributed by atoms with van der Waals surface area (Å²) in [5.74, 6) is 0. The van der Waals surface area contributed by atoms with E-state index < -0.39 is 0 Å². The highest BCUT2D eigenvalue weighted by Crippen LogP contribution is 2.41. The molecule has 1 unspecified atom stereocenters. The van der Waals surface area contributed by atoms with Crippen molar-refractivity contribution < 1.29 is 0 Å². The van der Waals surface area contributed by atoms with Gasteiger partial charge in [-0.25, -0.2) is 0 Å². The molecular weight excluding hydrogens is 323 g/mol. The van der Waals surface area contributed by atoms with Crippen LogP contribution in [0.2, 0.25) is 5.02 Å². The molecule has 0 aliphatic carbocycles. The summed E-state index contributed by atoms with van der Waals surface area (Å²) in [6, 6.07) is 5.94. The normalized spacial score (nSPS) is 13.1. The van der Waals surface area contributed by atoms with Crippen molar-refractivity contribution in [3.05, 3.63) is 42.1 Å². The van der Waals surface area contributed by atoms with E-state index in [0.29, 0.717) is 0 Å². The van der Waals surface area contributed by atoms with Gasteiger partial charge in [0.25, 0.3) is 0 Å². The summed E-state index contributed by atoms with van der Waals surface area (Å²) in [5.41, 5.74) is 0. The highest BCUT2D eigenvalue weighted by molar-refractivity contribution is 9.11. The van der Waals surface area contributed by atoms with Crippen molar-refractivity contribution in [1.29, 1.82) is 0 Å². The van der Waals surface area contributed by atoms with E-state index in [9.17, 15) is 0 Å². The SMILES string of the molecule is Clc1cc(C(Cl)c2cccs2)sc1Br. The average Bonchev–Trinajstić information content (AvgIpc) is 2.76. The summed E-state index contributed by atoms with van der Waals surface area (Å²) in [4.78, 5) is 2.23. The van der Waals surface area contributed by atoms with Crippen LogP contribution in [0, 0.1) is 0 Å². The third-order valence-electron chi connectivity index (χ3n) is 1.71. The minimum atomic E-state index is -0.0798. The monoisotopic (exact) mass is 326 g/mol. The summed E-state index contributed by atoms with van der Waals surface area (Å²) < 4.78 is 0.941. The fraction of sp³-hybridized carbons (Fsp3) is 0.111. The lowest BCUT2D eigenvalue weighted by Crippen LogP contribution is -1.83. The summed E-state index contributed by atoms with van der Waals surface area (Å²) in [6.07, 6.45) is 0. The molecule has 0 aliphatic heterocycles. The molecule has 5 heteroatoms. The Balaban J connectivity index is 2.32. The van der Waals surface area contributed by atoms with Crippen LogP contribution in [0.5, 0.6) is 0 Å². The largest absolute Gasteiger partial charge is 0.147 e. The van der Waals surface area contributed by atoms with Crippen molar-refractivity contribution >= 4 is 61.8 Å². The average molecular weight is 328 g/mol. The molecule has 1 atom stereocenters. The maximum atomic E-state index is 6.30. The van der Waals surface area contributed by atoms with Gasteiger partial charge >= 0.3 is 0 Å². The number of rotatable bonds is 2. The molecule has 0 bridgehead atoms. The first-order valence-electron chi connectivity index (χ1n) is 3.80. The standard InChI is InChI=1S/C9H5BrCl2S2/c10-9-5(11)4-7(14-9)8(12)6-2-1-3-13-6/h1-4,8H. The molecule has 2 heterocycles. The summed E-state index contributed by atoms with van der Waals surface area (Å²) in [6.45, 7) is 0. The van der Waals surface area contributed by atoms with E-state index in [1.807, 2.05) is 23.6 Å². The third kappa shape index (κ3) is 2.17. The van der Waals surface area contributed by atoms with Gasteiger partial charge in [0.15, 0.2) is 0 Å². The molecule has 2 rings (SSSR count). The van der Waals surface area contributed by atoms with E-state index in [1.54, 1.807) is 22.7 Å². The van der Waals surface area contributed by atoms with Crippen molar-refractivity contribution in [3.63, 3.8) is 0 Å². The molecule has 0 saturated carbocycles. The number of hydrogen-bond acceptors (Lipinski definition) is 2. The minimum Gasteiger partial charge on any atom is -0.147 e. The van der Waals surface area contributed by atoms with Crippen LogP contribution in [-0.4, -0.2) is 0 Å². The van der Waals surface area contributed by atoms with Gasteiger partial charge in [-0.2, -0.15) is 0 Å². The number of thiophene rings is 2. The van der Waals surface area contributed by atoms with Gasteiger partial charge in [0.05, 0.1) is 8.81 Å². The molecule has 2 aromatic heterocycles. The topological polar surface area (TPSA) is 0 Å². The smallest absolute Gasteiger partial charge is 0.102 e. The second kappa shape index (κ2) is 4.54. The molecule has 2 aromatic rings. The first kappa shape index (κ1) is 11.0. The Morgan fingerprint density at radius 1 is 1.36 bits per heavy atom. The van der Waals surface area contributed by atoms with Crippen LogP contribution in [0.15, 0.2) is 27.4 Å². The van der Waals surface area contributed by atoms with Crippen LogP contribution >= 0.6 is 61.8 Å². The van der Waals surface area contributed by atoms with E-state index in [1.165, 1.54) is 0 Å². The van der Waals surface area contributed by atoms with Gasteiger partial charge in [-0.15, -0.1) is 34.3 Å². The Labute approximate surface area is 109 Å². The Bertz CT molecular complexity index is 402. The second-order valence-corrected chi connectivity index (χ2v) is 6.87. The van der Waals surface area contributed by atoms with Crippen molar-refractivity contribution in [2.24, 2.45) is 0 Å². The first-order chi connectivity index (χ1) is 6.68. The van der Waals surface area contributed by atoms with Gasteiger partial charge in [0, 0.05) is 9.75 Å². The van der Waals surface area contributed by atoms with Gasteiger partial charge < -0.3 is 0 Å². The fourth-order valence-corrected chi connectivity index (χ4v) is 4.02. The molecule has 0 N–H and O–H groups in total. The highest BCUT2D eigenvalue weighted by atomic mass is 79.9. The van der Waals surface area contributed by atoms with Crippen LogP contribution in [-0.2, 0) is 0 Å². The maximum Gasteiger partial charge on any atom is 0.102 e. The Kier molecular flexibility index (Phi) is 3.55. The van der Waals surface area contributed by atoms with Crippen LogP contribution < -0.4 is 0 Å². The maximum absolute atomic E-state index is 6.30. The van der Waals surface area contributed by atoms with Gasteiger partial charge in [-0.3, -0.25) is 0 Å². The van der Waals surface area contributed by atoms with E-state index in [2.05, 4.69) is 15.9 Å². The molecule has 0 saturated heterocycles. The van der Waals surface area contributed by atoms with Crippen molar-refractivity contribution in [1.82, 2.24) is 0 Å². The molecule has 0 aliphatic rings. The first-order valence-corrected chi connectivity index (χ1v) is 7.11. The summed E-state index contributed by atoms with van der Waals surface area (Å²) >= 11 is 18.9. The molecule has 0 aromatic carbocycles. The Morgan fingerprint density at radius 3 is 2.64 bits per heavy atom. The quantitative estimate of drug-likeness (QED) is 0.634. The van der Waals surface area contributed by atoms with Crippen LogP contribution in [0.25, 0.3) is 0 Å². The number of alkyl halides is 1. The van der Waals surface area contributed by atoms with Gasteiger partial charge in [-0.1, -0.05) is 17.7 Å². The lowest BCUT2D eigenvalue weighted by Gasteiger charge is -2.02. The van der Waals surface area contributed by atoms with Crippen LogP contribution in [0.3, 0.4) is 0 Å². The molecule has 0 spiro atoms. The van der Waals surface area contributed by atoms with Gasteiger partial charge in [0.1, 0.15) is 5.38 Å². The van der Waals surface area contributed by atoms with Crippen molar-refractivity contribution in [3.8, 4) is 0 Å². The molecule has 0 amide bonds. The Hall–Kier alpha value is 0.460. The number of halogens is 3. The lowest BCUT2D eigenvalue weighted by atomic mass is 10.3. The predicted molar refractivity (Wildman–Crippen MR) is 69.0 cm³/mol. The van der Waals surface area contributed by atoms with E-state index in [0.717, 1.165) is 18.6 Å². The van der Waals surface area contributed by atoms with Gasteiger partial charge in [0.2, 0.25) is 0 Å². The molecule has 74 valence electrons. The predicted octanol–water partition coefficient (Wildman–Crippen LogP) is 5.55. The summed E-state index contributed by atoms with van der Waals surface area (Å²) in [5, 5.41) is 2.67. The molecular formula is C9H5BrCl2S2. The number of hydrogen-bond donors (Lipinski definition) is 0. The van der Waals surface area contributed by atoms with Crippen molar-refractivity contribution in [2.45, 2.75) is 5.38 Å². The fourth-order valence-electron chi connectivity index (χ4n) is 1.06. The lowest BCUT2D eigenvalue weighted by molar-refractivity contribution is 1.24. The van der Waals surface area contributed by atoms with Crippen LogP contribution in [0.4, 0.5) is 0 Å². The molecule has 14 heavy (non-hydrogen) atoms. The summed E-state index contributed by atoms with van der Waals surface area (Å²) in [7, 11) is 0. The van der Waals surface area contributed by atoms with E-state index in [4.69, 9.17) is 23.2 Å². The van der Waals surface area contributed by atoms with E-state index >= 15 is 0 Å². The Morgan fingerprint density at radius 2 is 2.14 bits per heavy atom.